The summed E-state index contributed by atoms with van der Waals surface area (Å²) in [5.41, 5.74) is 1.30. The summed E-state index contributed by atoms with van der Waals surface area (Å²) in [5.74, 6) is -0.756. The zero-order valence-corrected chi connectivity index (χ0v) is 17.8. The molecule has 3 rings (SSSR count). The van der Waals surface area contributed by atoms with Crippen molar-refractivity contribution in [1.29, 1.82) is 0 Å². The van der Waals surface area contributed by atoms with Crippen molar-refractivity contribution in [2.75, 3.05) is 6.61 Å². The molecule has 0 fully saturated rings. The van der Waals surface area contributed by atoms with E-state index in [4.69, 9.17) is 4.74 Å². The molecule has 9 heteroatoms. The van der Waals surface area contributed by atoms with E-state index in [9.17, 15) is 22.7 Å². The molecule has 0 saturated heterocycles. The zero-order valence-electron chi connectivity index (χ0n) is 17.0. The Morgan fingerprint density at radius 3 is 2.52 bits per heavy atom. The van der Waals surface area contributed by atoms with Crippen LogP contribution >= 0.6 is 0 Å². The number of hydrogen-bond acceptors (Lipinski definition) is 5. The second-order valence-electron chi connectivity index (χ2n) is 7.31. The van der Waals surface area contributed by atoms with Crippen LogP contribution < -0.4 is 10.0 Å². The van der Waals surface area contributed by atoms with Crippen LogP contribution in [-0.2, 0) is 26.1 Å². The van der Waals surface area contributed by atoms with E-state index in [2.05, 4.69) is 10.0 Å². The molecule has 0 bridgehead atoms. The SMILES string of the molecule is Cc1ccc(S(=O)(=O)N[C@H]2C=C[C@H](CC(=O)NCc3ccccc3F)O[C@@H]2CO)cc1. The van der Waals surface area contributed by atoms with E-state index >= 15 is 0 Å². The Labute approximate surface area is 181 Å². The Hall–Kier alpha value is -2.59. The van der Waals surface area contributed by atoms with Gasteiger partial charge in [0.25, 0.3) is 0 Å². The first-order valence-electron chi connectivity index (χ1n) is 9.82. The molecule has 2 aromatic carbocycles. The lowest BCUT2D eigenvalue weighted by Gasteiger charge is -2.31. The molecule has 0 radical (unpaired) electrons. The van der Waals surface area contributed by atoms with Crippen molar-refractivity contribution >= 4 is 15.9 Å². The Balaban J connectivity index is 1.59. The van der Waals surface area contributed by atoms with E-state index in [1.54, 1.807) is 42.5 Å². The molecule has 0 aliphatic carbocycles. The molecule has 7 nitrogen and oxygen atoms in total. The molecule has 3 atom stereocenters. The van der Waals surface area contributed by atoms with Crippen molar-refractivity contribution in [3.8, 4) is 0 Å². The van der Waals surface area contributed by atoms with E-state index in [1.165, 1.54) is 18.2 Å². The van der Waals surface area contributed by atoms with E-state index in [0.717, 1.165) is 5.56 Å². The standard InChI is InChI=1S/C22H25FN2O5S/c1-15-6-9-18(10-7-15)31(28,29)25-20-11-8-17(30-21(20)14-26)12-22(27)24-13-16-4-2-3-5-19(16)23/h2-11,17,20-21,25-26H,12-14H2,1H3,(H,24,27)/t17-,20+,21-/m1/s1. The molecule has 3 N–H and O–H groups in total. The average Bonchev–Trinajstić information content (AvgIpc) is 2.74. The predicted molar refractivity (Wildman–Crippen MR) is 113 cm³/mol. The minimum absolute atomic E-state index is 0.0428. The lowest BCUT2D eigenvalue weighted by Crippen LogP contribution is -2.49. The number of aliphatic hydroxyl groups excluding tert-OH is 1. The zero-order chi connectivity index (χ0) is 22.4. The van der Waals surface area contributed by atoms with Gasteiger partial charge in [0.2, 0.25) is 15.9 Å². The number of carbonyl (C=O) groups is 1. The predicted octanol–water partition coefficient (Wildman–Crippen LogP) is 1.80. The van der Waals surface area contributed by atoms with Crippen molar-refractivity contribution in [2.24, 2.45) is 0 Å². The Morgan fingerprint density at radius 1 is 1.13 bits per heavy atom. The van der Waals surface area contributed by atoms with Crippen LogP contribution in [0.1, 0.15) is 17.5 Å². The first-order valence-corrected chi connectivity index (χ1v) is 11.3. The van der Waals surface area contributed by atoms with Gasteiger partial charge in [0.1, 0.15) is 11.9 Å². The third kappa shape index (κ3) is 6.20. The van der Waals surface area contributed by atoms with E-state index in [0.29, 0.717) is 5.56 Å². The minimum atomic E-state index is -3.81. The smallest absolute Gasteiger partial charge is 0.241 e. The second kappa shape index (κ2) is 10.1. The van der Waals surface area contributed by atoms with Gasteiger partial charge >= 0.3 is 0 Å². The number of aryl methyl sites for hydroxylation is 1. The number of aliphatic hydroxyl groups is 1. The van der Waals surface area contributed by atoms with Gasteiger partial charge in [0.05, 0.1) is 30.1 Å². The van der Waals surface area contributed by atoms with Crippen molar-refractivity contribution < 1.29 is 27.4 Å². The number of ether oxygens (including phenoxy) is 1. The van der Waals surface area contributed by atoms with Crippen LogP contribution in [0, 0.1) is 12.7 Å². The number of sulfonamides is 1. The number of halogens is 1. The van der Waals surface area contributed by atoms with E-state index < -0.39 is 40.7 Å². The third-order valence-corrected chi connectivity index (χ3v) is 6.38. The average molecular weight is 449 g/mol. The highest BCUT2D eigenvalue weighted by Gasteiger charge is 2.31. The number of rotatable bonds is 8. The Morgan fingerprint density at radius 2 is 1.84 bits per heavy atom. The monoisotopic (exact) mass is 448 g/mol. The van der Waals surface area contributed by atoms with Gasteiger partial charge in [-0.2, -0.15) is 0 Å². The maximum atomic E-state index is 13.6. The lowest BCUT2D eigenvalue weighted by molar-refractivity contribution is -0.125. The molecular weight excluding hydrogens is 423 g/mol. The van der Waals surface area contributed by atoms with Crippen molar-refractivity contribution in [1.82, 2.24) is 10.0 Å². The molecule has 31 heavy (non-hydrogen) atoms. The third-order valence-electron chi connectivity index (χ3n) is 4.91. The summed E-state index contributed by atoms with van der Waals surface area (Å²) < 4.78 is 47.1. The van der Waals surface area contributed by atoms with Crippen molar-refractivity contribution in [3.05, 3.63) is 77.6 Å². The van der Waals surface area contributed by atoms with Crippen LogP contribution in [0.4, 0.5) is 4.39 Å². The van der Waals surface area contributed by atoms with Crippen molar-refractivity contribution in [3.63, 3.8) is 0 Å². The first-order chi connectivity index (χ1) is 14.8. The number of hydrogen-bond donors (Lipinski definition) is 3. The van der Waals surface area contributed by atoms with Gasteiger partial charge in [0, 0.05) is 12.1 Å². The van der Waals surface area contributed by atoms with Crippen LogP contribution in [0.2, 0.25) is 0 Å². The fourth-order valence-corrected chi connectivity index (χ4v) is 4.38. The highest BCUT2D eigenvalue weighted by atomic mass is 32.2. The molecule has 0 aromatic heterocycles. The second-order valence-corrected chi connectivity index (χ2v) is 9.03. The maximum Gasteiger partial charge on any atom is 0.241 e. The van der Waals surface area contributed by atoms with Gasteiger partial charge in [0.15, 0.2) is 0 Å². The molecule has 166 valence electrons. The summed E-state index contributed by atoms with van der Waals surface area (Å²) >= 11 is 0. The highest BCUT2D eigenvalue weighted by molar-refractivity contribution is 7.89. The summed E-state index contributed by atoms with van der Waals surface area (Å²) in [6.45, 7) is 1.47. The Kier molecular flexibility index (Phi) is 7.55. The summed E-state index contributed by atoms with van der Waals surface area (Å²) in [6.07, 6.45) is 1.62. The quantitative estimate of drug-likeness (QED) is 0.534. The van der Waals surface area contributed by atoms with Crippen LogP contribution in [0.3, 0.4) is 0 Å². The topological polar surface area (TPSA) is 105 Å². The lowest BCUT2D eigenvalue weighted by atomic mass is 10.1. The summed E-state index contributed by atoms with van der Waals surface area (Å²) in [6, 6.07) is 11.8. The van der Waals surface area contributed by atoms with Crippen LogP contribution in [-0.4, -0.2) is 44.3 Å². The van der Waals surface area contributed by atoms with Gasteiger partial charge in [-0.3, -0.25) is 4.79 Å². The molecule has 2 aromatic rings. The van der Waals surface area contributed by atoms with Gasteiger partial charge < -0.3 is 15.2 Å². The molecule has 0 saturated carbocycles. The van der Waals surface area contributed by atoms with E-state index in [-0.39, 0.29) is 23.8 Å². The molecular formula is C22H25FN2O5S. The number of benzene rings is 2. The van der Waals surface area contributed by atoms with E-state index in [1.807, 2.05) is 6.92 Å². The van der Waals surface area contributed by atoms with Crippen LogP contribution in [0.5, 0.6) is 0 Å². The molecule has 1 aliphatic rings. The molecule has 0 unspecified atom stereocenters. The molecule has 1 aliphatic heterocycles. The van der Waals surface area contributed by atoms with Gasteiger partial charge in [-0.1, -0.05) is 48.0 Å². The fourth-order valence-electron chi connectivity index (χ4n) is 3.17. The fraction of sp³-hybridized carbons (Fsp3) is 0.318. The van der Waals surface area contributed by atoms with Crippen LogP contribution in [0.15, 0.2) is 65.6 Å². The van der Waals surface area contributed by atoms with Crippen LogP contribution in [0.25, 0.3) is 0 Å². The molecule has 0 spiro atoms. The van der Waals surface area contributed by atoms with Gasteiger partial charge in [-0.15, -0.1) is 0 Å². The minimum Gasteiger partial charge on any atom is -0.394 e. The summed E-state index contributed by atoms with van der Waals surface area (Å²) in [5, 5.41) is 12.3. The van der Waals surface area contributed by atoms with Gasteiger partial charge in [-0.05, 0) is 25.1 Å². The highest BCUT2D eigenvalue weighted by Crippen LogP contribution is 2.19. The normalized spacial score (nSPS) is 21.1. The Bertz CT molecular complexity index is 1040. The summed E-state index contributed by atoms with van der Waals surface area (Å²) in [7, 11) is -3.81. The number of amides is 1. The molecule has 1 amide bonds. The van der Waals surface area contributed by atoms with Gasteiger partial charge in [-0.25, -0.2) is 17.5 Å². The number of nitrogens with one attached hydrogen (secondary N) is 2. The maximum absolute atomic E-state index is 13.6. The largest absolute Gasteiger partial charge is 0.394 e. The van der Waals surface area contributed by atoms with Crippen molar-refractivity contribution in [2.45, 2.75) is 43.0 Å². The summed E-state index contributed by atoms with van der Waals surface area (Å²) in [4.78, 5) is 12.3. The molecule has 1 heterocycles. The first kappa shape index (κ1) is 23.1. The number of carbonyl (C=O) groups excluding carboxylic acids is 1.